The summed E-state index contributed by atoms with van der Waals surface area (Å²) in [6.07, 6.45) is 4.58. The number of aromatic hydroxyl groups is 4. The normalized spacial score (nSPS) is 11.0. The van der Waals surface area contributed by atoms with E-state index in [0.29, 0.717) is 11.1 Å². The minimum absolute atomic E-state index is 0.291. The number of rotatable bonds is 4. The number of hydrogen-bond acceptors (Lipinski definition) is 7. The second-order valence-electron chi connectivity index (χ2n) is 4.90. The molecule has 0 radical (unpaired) electrons. The van der Waals surface area contributed by atoms with Crippen LogP contribution in [0.25, 0.3) is 12.2 Å². The van der Waals surface area contributed by atoms with Gasteiger partial charge in [0.2, 0.25) is 0 Å². The third-order valence-electron chi connectivity index (χ3n) is 3.02. The summed E-state index contributed by atoms with van der Waals surface area (Å²) in [6.45, 7) is 0. The van der Waals surface area contributed by atoms with Crippen molar-refractivity contribution in [3.05, 3.63) is 59.7 Å². The fourth-order valence-corrected chi connectivity index (χ4v) is 1.78. The number of carbonyl (C=O) groups is 2. The van der Waals surface area contributed by atoms with Gasteiger partial charge in [-0.05, 0) is 47.5 Å². The molecule has 0 aliphatic heterocycles. The van der Waals surface area contributed by atoms with Crippen LogP contribution in [0, 0.1) is 0 Å². The van der Waals surface area contributed by atoms with Gasteiger partial charge in [-0.1, -0.05) is 12.1 Å². The Bertz CT molecular complexity index is 794. The zero-order valence-electron chi connectivity index (χ0n) is 12.8. The van der Waals surface area contributed by atoms with Gasteiger partial charge in [0.25, 0.3) is 0 Å². The molecule has 0 atom stereocenters. The monoisotopic (exact) mass is 342 g/mol. The van der Waals surface area contributed by atoms with E-state index in [-0.39, 0.29) is 23.0 Å². The van der Waals surface area contributed by atoms with Gasteiger partial charge in [0.1, 0.15) is 0 Å². The molecule has 7 nitrogen and oxygen atoms in total. The Kier molecular flexibility index (Phi) is 5.42. The Hall–Kier alpha value is -3.74. The molecule has 0 aliphatic rings. The summed E-state index contributed by atoms with van der Waals surface area (Å²) in [4.78, 5) is 23.1. The SMILES string of the molecule is O=C(/C=C/c1ccc(O)c(O)c1)OC(=O)/C=C/c1ccc(O)c(O)c1. The Morgan fingerprint density at radius 1 is 0.680 bits per heavy atom. The smallest absolute Gasteiger partial charge is 0.338 e. The molecule has 0 heterocycles. The van der Waals surface area contributed by atoms with E-state index in [4.69, 9.17) is 0 Å². The molecule has 0 saturated heterocycles. The molecule has 7 heteroatoms. The average molecular weight is 342 g/mol. The lowest BCUT2D eigenvalue weighted by molar-refractivity contribution is -0.152. The van der Waals surface area contributed by atoms with E-state index in [0.717, 1.165) is 12.2 Å². The van der Waals surface area contributed by atoms with Crippen molar-refractivity contribution in [2.75, 3.05) is 0 Å². The number of ether oxygens (including phenoxy) is 1. The van der Waals surface area contributed by atoms with Crippen LogP contribution in [0.1, 0.15) is 11.1 Å². The van der Waals surface area contributed by atoms with Gasteiger partial charge in [-0.15, -0.1) is 0 Å². The summed E-state index contributed by atoms with van der Waals surface area (Å²) >= 11 is 0. The number of hydrogen-bond donors (Lipinski definition) is 4. The summed E-state index contributed by atoms with van der Waals surface area (Å²) < 4.78 is 4.53. The molecular formula is C18H14O7. The first-order chi connectivity index (χ1) is 11.8. The lowest BCUT2D eigenvalue weighted by Crippen LogP contribution is -2.06. The van der Waals surface area contributed by atoms with E-state index in [1.165, 1.54) is 48.6 Å². The van der Waals surface area contributed by atoms with Crippen molar-refractivity contribution in [3.8, 4) is 23.0 Å². The molecule has 0 spiro atoms. The zero-order chi connectivity index (χ0) is 18.4. The highest BCUT2D eigenvalue weighted by atomic mass is 16.6. The fraction of sp³-hybridized carbons (Fsp3) is 0. The van der Waals surface area contributed by atoms with Crippen molar-refractivity contribution in [1.82, 2.24) is 0 Å². The Labute approximate surface area is 142 Å². The summed E-state index contributed by atoms with van der Waals surface area (Å²) in [5, 5.41) is 37.0. The van der Waals surface area contributed by atoms with E-state index in [1.54, 1.807) is 0 Å². The Morgan fingerprint density at radius 2 is 1.08 bits per heavy atom. The number of esters is 2. The van der Waals surface area contributed by atoms with Gasteiger partial charge in [-0.2, -0.15) is 0 Å². The third kappa shape index (κ3) is 5.14. The predicted molar refractivity (Wildman–Crippen MR) is 88.7 cm³/mol. The van der Waals surface area contributed by atoms with E-state index in [2.05, 4.69) is 4.74 Å². The first-order valence-electron chi connectivity index (χ1n) is 7.01. The van der Waals surface area contributed by atoms with Crippen molar-refractivity contribution in [2.45, 2.75) is 0 Å². The maximum absolute atomic E-state index is 11.5. The molecule has 0 fully saturated rings. The lowest BCUT2D eigenvalue weighted by atomic mass is 10.2. The Balaban J connectivity index is 1.94. The quantitative estimate of drug-likeness (QED) is 0.291. The third-order valence-corrected chi connectivity index (χ3v) is 3.02. The van der Waals surface area contributed by atoms with E-state index in [1.807, 2.05) is 0 Å². The number of phenolic OH excluding ortho intramolecular Hbond substituents is 4. The number of benzene rings is 2. The molecular weight excluding hydrogens is 328 g/mol. The molecule has 0 amide bonds. The fourth-order valence-electron chi connectivity index (χ4n) is 1.78. The lowest BCUT2D eigenvalue weighted by Gasteiger charge is -1.99. The second-order valence-corrected chi connectivity index (χ2v) is 4.90. The van der Waals surface area contributed by atoms with Crippen molar-refractivity contribution in [1.29, 1.82) is 0 Å². The van der Waals surface area contributed by atoms with Crippen LogP contribution in [-0.4, -0.2) is 32.4 Å². The van der Waals surface area contributed by atoms with Crippen molar-refractivity contribution >= 4 is 24.1 Å². The average Bonchev–Trinajstić information content (AvgIpc) is 2.57. The van der Waals surface area contributed by atoms with E-state index >= 15 is 0 Å². The van der Waals surface area contributed by atoms with Gasteiger partial charge in [0.05, 0.1) is 0 Å². The molecule has 0 aliphatic carbocycles. The minimum atomic E-state index is -0.921. The molecule has 2 aromatic carbocycles. The molecule has 0 unspecified atom stereocenters. The summed E-state index contributed by atoms with van der Waals surface area (Å²) in [7, 11) is 0. The minimum Gasteiger partial charge on any atom is -0.504 e. The van der Waals surface area contributed by atoms with Gasteiger partial charge in [-0.25, -0.2) is 9.59 Å². The maximum Gasteiger partial charge on any atom is 0.338 e. The molecule has 0 bridgehead atoms. The molecule has 0 saturated carbocycles. The van der Waals surface area contributed by atoms with Gasteiger partial charge in [0, 0.05) is 12.2 Å². The van der Waals surface area contributed by atoms with Crippen LogP contribution in [0.5, 0.6) is 23.0 Å². The summed E-state index contributed by atoms with van der Waals surface area (Å²) in [5.41, 5.74) is 0.851. The summed E-state index contributed by atoms with van der Waals surface area (Å²) in [6, 6.07) is 7.88. The van der Waals surface area contributed by atoms with Crippen LogP contribution in [-0.2, 0) is 14.3 Å². The highest BCUT2D eigenvalue weighted by Gasteiger charge is 2.05. The standard InChI is InChI=1S/C18H14O7/c19-13-5-1-11(9-15(13)21)3-7-17(23)25-18(24)8-4-12-2-6-14(20)16(22)10-12/h1-10,19-22H/b7-3+,8-4+. The van der Waals surface area contributed by atoms with Crippen LogP contribution in [0.15, 0.2) is 48.6 Å². The van der Waals surface area contributed by atoms with Crippen molar-refractivity contribution in [3.63, 3.8) is 0 Å². The second kappa shape index (κ2) is 7.69. The molecule has 25 heavy (non-hydrogen) atoms. The maximum atomic E-state index is 11.5. The number of phenols is 4. The van der Waals surface area contributed by atoms with Gasteiger partial charge in [-0.3, -0.25) is 0 Å². The van der Waals surface area contributed by atoms with Gasteiger partial charge >= 0.3 is 11.9 Å². The first kappa shape index (κ1) is 17.6. The first-order valence-corrected chi connectivity index (χ1v) is 7.01. The van der Waals surface area contributed by atoms with Crippen LogP contribution >= 0.6 is 0 Å². The molecule has 0 aromatic heterocycles. The van der Waals surface area contributed by atoms with Crippen LogP contribution in [0.3, 0.4) is 0 Å². The molecule has 4 N–H and O–H groups in total. The zero-order valence-corrected chi connectivity index (χ0v) is 12.8. The van der Waals surface area contributed by atoms with E-state index < -0.39 is 11.9 Å². The topological polar surface area (TPSA) is 124 Å². The van der Waals surface area contributed by atoms with Gasteiger partial charge in [0.15, 0.2) is 23.0 Å². The van der Waals surface area contributed by atoms with Crippen molar-refractivity contribution in [2.24, 2.45) is 0 Å². The predicted octanol–water partition coefficient (Wildman–Crippen LogP) is 2.31. The Morgan fingerprint density at radius 3 is 1.44 bits per heavy atom. The molecule has 2 aromatic rings. The summed E-state index contributed by atoms with van der Waals surface area (Å²) in [5.74, 6) is -3.11. The van der Waals surface area contributed by atoms with Gasteiger partial charge < -0.3 is 25.2 Å². The van der Waals surface area contributed by atoms with Crippen LogP contribution < -0.4 is 0 Å². The molecule has 2 rings (SSSR count). The van der Waals surface area contributed by atoms with Crippen molar-refractivity contribution < 1.29 is 34.8 Å². The molecule has 128 valence electrons. The highest BCUT2D eigenvalue weighted by molar-refractivity contribution is 5.99. The largest absolute Gasteiger partial charge is 0.504 e. The number of carbonyl (C=O) groups excluding carboxylic acids is 2. The van der Waals surface area contributed by atoms with E-state index in [9.17, 15) is 30.0 Å². The van der Waals surface area contributed by atoms with Crippen LogP contribution in [0.4, 0.5) is 0 Å². The van der Waals surface area contributed by atoms with Crippen LogP contribution in [0.2, 0.25) is 0 Å². The highest BCUT2D eigenvalue weighted by Crippen LogP contribution is 2.26.